The lowest BCUT2D eigenvalue weighted by atomic mass is 10.1. The summed E-state index contributed by atoms with van der Waals surface area (Å²) in [7, 11) is -0.281. The van der Waals surface area contributed by atoms with E-state index in [1.54, 1.807) is 0 Å². The molecule has 0 atom stereocenters. The number of rotatable bonds is 7. The highest BCUT2D eigenvalue weighted by Crippen LogP contribution is 1.98. The van der Waals surface area contributed by atoms with Crippen molar-refractivity contribution in [3.63, 3.8) is 0 Å². The molecule has 0 spiro atoms. The fourth-order valence-electron chi connectivity index (χ4n) is 1.14. The van der Waals surface area contributed by atoms with Crippen molar-refractivity contribution in [1.82, 2.24) is 14.9 Å². The average molecular weight is 279 g/mol. The van der Waals surface area contributed by atoms with Gasteiger partial charge in [-0.05, 0) is 20.8 Å². The summed E-state index contributed by atoms with van der Waals surface area (Å²) >= 11 is 0. The van der Waals surface area contributed by atoms with Gasteiger partial charge in [-0.3, -0.25) is 4.79 Å². The Morgan fingerprint density at radius 3 is 2.17 bits per heavy atom. The molecule has 0 saturated heterocycles. The van der Waals surface area contributed by atoms with Crippen molar-refractivity contribution in [3.8, 4) is 0 Å². The van der Waals surface area contributed by atoms with Gasteiger partial charge < -0.3 is 10.6 Å². The Labute approximate surface area is 110 Å². The predicted molar refractivity (Wildman–Crippen MR) is 72.9 cm³/mol. The minimum Gasteiger partial charge on any atom is -0.355 e. The van der Waals surface area contributed by atoms with Crippen molar-refractivity contribution in [2.24, 2.45) is 0 Å². The van der Waals surface area contributed by atoms with E-state index in [0.29, 0.717) is 13.0 Å². The molecule has 0 aliphatic rings. The van der Waals surface area contributed by atoms with Gasteiger partial charge in [0, 0.05) is 39.1 Å². The maximum Gasteiger partial charge on any atom is 0.221 e. The molecule has 1 amide bonds. The van der Waals surface area contributed by atoms with Crippen molar-refractivity contribution in [3.05, 3.63) is 0 Å². The van der Waals surface area contributed by atoms with E-state index in [1.807, 2.05) is 20.8 Å². The van der Waals surface area contributed by atoms with Crippen LogP contribution in [-0.4, -0.2) is 57.1 Å². The maximum absolute atomic E-state index is 11.4. The maximum atomic E-state index is 11.4. The summed E-state index contributed by atoms with van der Waals surface area (Å²) in [5.41, 5.74) is -0.0193. The fraction of sp³-hybridized carbons (Fsp3) is 0.909. The van der Waals surface area contributed by atoms with Crippen LogP contribution in [0.2, 0.25) is 0 Å². The minimum absolute atomic E-state index is 0.0193. The van der Waals surface area contributed by atoms with E-state index in [4.69, 9.17) is 0 Å². The first kappa shape index (κ1) is 17.3. The summed E-state index contributed by atoms with van der Waals surface area (Å²) in [5.74, 6) is -0.209. The first-order chi connectivity index (χ1) is 8.04. The van der Waals surface area contributed by atoms with Crippen molar-refractivity contribution in [2.75, 3.05) is 32.9 Å². The van der Waals surface area contributed by atoms with E-state index in [1.165, 1.54) is 14.1 Å². The van der Waals surface area contributed by atoms with Gasteiger partial charge in [-0.25, -0.2) is 12.7 Å². The Balaban J connectivity index is 3.80. The topological polar surface area (TPSA) is 78.5 Å². The highest BCUT2D eigenvalue weighted by atomic mass is 32.2. The third kappa shape index (κ3) is 8.43. The molecule has 108 valence electrons. The largest absolute Gasteiger partial charge is 0.355 e. The molecule has 0 fully saturated rings. The second-order valence-electron chi connectivity index (χ2n) is 5.38. The van der Waals surface area contributed by atoms with E-state index in [2.05, 4.69) is 10.6 Å². The van der Waals surface area contributed by atoms with Crippen LogP contribution in [0.3, 0.4) is 0 Å². The number of nitrogens with zero attached hydrogens (tertiary/aromatic N) is 1. The van der Waals surface area contributed by atoms with Crippen molar-refractivity contribution >= 4 is 15.9 Å². The Morgan fingerprint density at radius 1 is 1.17 bits per heavy atom. The molecule has 0 aromatic rings. The van der Waals surface area contributed by atoms with Crippen LogP contribution in [0.1, 0.15) is 27.2 Å². The molecule has 7 heteroatoms. The zero-order chi connectivity index (χ0) is 14.4. The summed E-state index contributed by atoms with van der Waals surface area (Å²) in [6.45, 7) is 6.79. The molecular weight excluding hydrogens is 254 g/mol. The van der Waals surface area contributed by atoms with Gasteiger partial charge in [-0.15, -0.1) is 0 Å². The molecule has 0 rings (SSSR count). The van der Waals surface area contributed by atoms with E-state index in [-0.39, 0.29) is 23.7 Å². The van der Waals surface area contributed by atoms with Gasteiger partial charge >= 0.3 is 0 Å². The molecule has 18 heavy (non-hydrogen) atoms. The Kier molecular flexibility index (Phi) is 6.80. The predicted octanol–water partition coefficient (Wildman–Crippen LogP) is -0.228. The van der Waals surface area contributed by atoms with Crippen LogP contribution < -0.4 is 10.6 Å². The van der Waals surface area contributed by atoms with Crippen LogP contribution in [0, 0.1) is 0 Å². The Morgan fingerprint density at radius 2 is 1.72 bits per heavy atom. The third-order valence-corrected chi connectivity index (χ3v) is 4.08. The van der Waals surface area contributed by atoms with Gasteiger partial charge in [0.1, 0.15) is 0 Å². The highest BCUT2D eigenvalue weighted by molar-refractivity contribution is 7.89. The lowest BCUT2D eigenvalue weighted by Gasteiger charge is -2.20. The number of amides is 1. The van der Waals surface area contributed by atoms with Crippen molar-refractivity contribution in [1.29, 1.82) is 0 Å². The van der Waals surface area contributed by atoms with Crippen LogP contribution in [0.4, 0.5) is 0 Å². The number of nitrogens with one attached hydrogen (secondary N) is 2. The average Bonchev–Trinajstić information content (AvgIpc) is 2.14. The molecule has 0 aliphatic carbocycles. The third-order valence-electron chi connectivity index (χ3n) is 2.25. The lowest BCUT2D eigenvalue weighted by molar-refractivity contribution is -0.120. The number of sulfonamides is 1. The molecule has 0 heterocycles. The molecule has 0 aliphatic heterocycles. The number of hydrogen-bond donors (Lipinski definition) is 2. The van der Waals surface area contributed by atoms with E-state index >= 15 is 0 Å². The van der Waals surface area contributed by atoms with Gasteiger partial charge in [-0.2, -0.15) is 0 Å². The van der Waals surface area contributed by atoms with Crippen LogP contribution in [0.5, 0.6) is 0 Å². The highest BCUT2D eigenvalue weighted by Gasteiger charge is 2.14. The van der Waals surface area contributed by atoms with Gasteiger partial charge in [0.15, 0.2) is 0 Å². The molecular formula is C11H25N3O3S. The van der Waals surface area contributed by atoms with E-state index < -0.39 is 10.0 Å². The SMILES string of the molecule is CN(C)S(=O)(=O)CCNC(=O)CCNC(C)(C)C. The molecule has 0 aromatic heterocycles. The van der Waals surface area contributed by atoms with Gasteiger partial charge in [0.25, 0.3) is 0 Å². The zero-order valence-electron chi connectivity index (χ0n) is 11.9. The van der Waals surface area contributed by atoms with E-state index in [9.17, 15) is 13.2 Å². The van der Waals surface area contributed by atoms with Gasteiger partial charge in [0.05, 0.1) is 5.75 Å². The first-order valence-electron chi connectivity index (χ1n) is 5.96. The molecule has 0 saturated carbocycles. The number of hydrogen-bond acceptors (Lipinski definition) is 4. The van der Waals surface area contributed by atoms with Crippen molar-refractivity contribution < 1.29 is 13.2 Å². The second-order valence-corrected chi connectivity index (χ2v) is 7.68. The second kappa shape index (κ2) is 7.06. The standard InChI is InChI=1S/C11H25N3O3S/c1-11(2,3)13-7-6-10(15)12-8-9-18(16,17)14(4)5/h13H,6-9H2,1-5H3,(H,12,15). The van der Waals surface area contributed by atoms with Crippen LogP contribution in [0.15, 0.2) is 0 Å². The quantitative estimate of drug-likeness (QED) is 0.675. The normalized spacial score (nSPS) is 12.8. The Hall–Kier alpha value is -0.660. The summed E-state index contributed by atoms with van der Waals surface area (Å²) in [6, 6.07) is 0. The molecule has 0 aromatic carbocycles. The summed E-state index contributed by atoms with van der Waals surface area (Å²) < 4.78 is 24.0. The van der Waals surface area contributed by atoms with Gasteiger partial charge in [0.2, 0.25) is 15.9 Å². The summed E-state index contributed by atoms with van der Waals surface area (Å²) in [6.07, 6.45) is 0.347. The molecule has 0 radical (unpaired) electrons. The molecule has 6 nitrogen and oxygen atoms in total. The van der Waals surface area contributed by atoms with Crippen molar-refractivity contribution in [2.45, 2.75) is 32.7 Å². The lowest BCUT2D eigenvalue weighted by Crippen LogP contribution is -2.39. The number of carbonyl (C=O) groups excluding carboxylic acids is 1. The minimum atomic E-state index is -3.23. The summed E-state index contributed by atoms with van der Waals surface area (Å²) in [5, 5.41) is 5.79. The van der Waals surface area contributed by atoms with Crippen LogP contribution >= 0.6 is 0 Å². The number of carbonyl (C=O) groups is 1. The van der Waals surface area contributed by atoms with Gasteiger partial charge in [-0.1, -0.05) is 0 Å². The smallest absolute Gasteiger partial charge is 0.221 e. The fourth-order valence-corrected chi connectivity index (χ4v) is 1.87. The molecule has 0 bridgehead atoms. The molecule has 0 unspecified atom stereocenters. The zero-order valence-corrected chi connectivity index (χ0v) is 12.7. The van der Waals surface area contributed by atoms with Crippen LogP contribution in [-0.2, 0) is 14.8 Å². The monoisotopic (exact) mass is 279 g/mol. The molecule has 2 N–H and O–H groups in total. The first-order valence-corrected chi connectivity index (χ1v) is 7.57. The Bertz CT molecular complexity index is 358. The van der Waals surface area contributed by atoms with Crippen LogP contribution in [0.25, 0.3) is 0 Å². The van der Waals surface area contributed by atoms with E-state index in [0.717, 1.165) is 4.31 Å². The summed E-state index contributed by atoms with van der Waals surface area (Å²) in [4.78, 5) is 11.4.